The van der Waals surface area contributed by atoms with Gasteiger partial charge in [0.25, 0.3) is 0 Å². The Kier molecular flexibility index (Phi) is 6.24. The van der Waals surface area contributed by atoms with Crippen molar-refractivity contribution in [1.82, 2.24) is 0 Å². The Morgan fingerprint density at radius 1 is 1.25 bits per heavy atom. The fourth-order valence-corrected chi connectivity index (χ4v) is 4.11. The molecule has 0 amide bonds. The van der Waals surface area contributed by atoms with Crippen LogP contribution in [-0.2, 0) is 19.1 Å². The molecule has 0 unspecified atom stereocenters. The molecule has 0 fully saturated rings. The van der Waals surface area contributed by atoms with Crippen molar-refractivity contribution in [3.63, 3.8) is 0 Å². The van der Waals surface area contributed by atoms with Gasteiger partial charge in [-0.2, -0.15) is 0 Å². The van der Waals surface area contributed by atoms with Gasteiger partial charge in [-0.1, -0.05) is 0 Å². The molecular formula is C15H20O4Se. The van der Waals surface area contributed by atoms with E-state index in [0.717, 1.165) is 4.46 Å². The van der Waals surface area contributed by atoms with Gasteiger partial charge in [-0.05, 0) is 0 Å². The van der Waals surface area contributed by atoms with Crippen LogP contribution >= 0.6 is 0 Å². The van der Waals surface area contributed by atoms with E-state index in [2.05, 4.69) is 0 Å². The number of carbonyl (C=O) groups excluding carboxylic acids is 2. The van der Waals surface area contributed by atoms with Crippen LogP contribution < -0.4 is 4.46 Å². The molecule has 0 N–H and O–H groups in total. The Hall–Kier alpha value is -1.32. The molecule has 0 spiro atoms. The van der Waals surface area contributed by atoms with E-state index < -0.39 is 16.2 Å². The molecular weight excluding hydrogens is 323 g/mol. The molecule has 0 aliphatic rings. The van der Waals surface area contributed by atoms with Crippen molar-refractivity contribution < 1.29 is 19.1 Å². The SMILES string of the molecule is CCOC(=O)[C@H]([Se]c1ccccc1)C(C)(C)C(=O)OC. The normalized spacial score (nSPS) is 12.6. The molecule has 20 heavy (non-hydrogen) atoms. The van der Waals surface area contributed by atoms with Crippen LogP contribution in [0.4, 0.5) is 0 Å². The summed E-state index contributed by atoms with van der Waals surface area (Å²) in [7, 11) is 1.34. The molecule has 0 aromatic heterocycles. The predicted octanol–water partition coefficient (Wildman–Crippen LogP) is 1.57. The van der Waals surface area contributed by atoms with Gasteiger partial charge < -0.3 is 0 Å². The topological polar surface area (TPSA) is 52.6 Å². The number of ether oxygens (including phenoxy) is 2. The zero-order chi connectivity index (χ0) is 15.2. The Morgan fingerprint density at radius 2 is 1.85 bits per heavy atom. The number of methoxy groups -OCH3 is 1. The summed E-state index contributed by atoms with van der Waals surface area (Å²) < 4.78 is 11.0. The first kappa shape index (κ1) is 16.7. The monoisotopic (exact) mass is 344 g/mol. The molecule has 0 bridgehead atoms. The number of carbonyl (C=O) groups is 2. The summed E-state index contributed by atoms with van der Waals surface area (Å²) in [4.78, 5) is 23.6. The first-order chi connectivity index (χ1) is 9.43. The zero-order valence-corrected chi connectivity index (χ0v) is 13.9. The number of esters is 2. The fraction of sp³-hybridized carbons (Fsp3) is 0.467. The van der Waals surface area contributed by atoms with E-state index in [1.807, 2.05) is 30.3 Å². The molecule has 0 aliphatic carbocycles. The van der Waals surface area contributed by atoms with Gasteiger partial charge in [0.2, 0.25) is 0 Å². The second-order valence-electron chi connectivity index (χ2n) is 4.78. The Balaban J connectivity index is 3.02. The van der Waals surface area contributed by atoms with Gasteiger partial charge in [0.15, 0.2) is 0 Å². The minimum absolute atomic E-state index is 0.203. The van der Waals surface area contributed by atoms with E-state index in [0.29, 0.717) is 6.61 Å². The average Bonchev–Trinajstić information content (AvgIpc) is 2.44. The molecule has 0 aliphatic heterocycles. The first-order valence-electron chi connectivity index (χ1n) is 6.40. The van der Waals surface area contributed by atoms with E-state index in [1.165, 1.54) is 7.11 Å². The van der Waals surface area contributed by atoms with E-state index in [9.17, 15) is 9.59 Å². The van der Waals surface area contributed by atoms with Crippen LogP contribution in [0.3, 0.4) is 0 Å². The summed E-state index contributed by atoms with van der Waals surface area (Å²) in [5, 5.41) is 0. The van der Waals surface area contributed by atoms with Crippen LogP contribution in [0.25, 0.3) is 0 Å². The number of hydrogen-bond acceptors (Lipinski definition) is 4. The molecule has 0 radical (unpaired) electrons. The van der Waals surface area contributed by atoms with Crippen LogP contribution in [0.2, 0.25) is 4.82 Å². The Bertz CT molecular complexity index is 456. The molecule has 5 heteroatoms. The van der Waals surface area contributed by atoms with Gasteiger partial charge >= 0.3 is 125 Å². The molecule has 1 aromatic carbocycles. The quantitative estimate of drug-likeness (QED) is 0.581. The van der Waals surface area contributed by atoms with Crippen LogP contribution in [0, 0.1) is 5.41 Å². The van der Waals surface area contributed by atoms with Gasteiger partial charge in [0.1, 0.15) is 0 Å². The van der Waals surface area contributed by atoms with Gasteiger partial charge in [0, 0.05) is 0 Å². The van der Waals surface area contributed by atoms with Crippen LogP contribution in [0.5, 0.6) is 0 Å². The Labute approximate surface area is 126 Å². The fourth-order valence-electron chi connectivity index (χ4n) is 1.71. The summed E-state index contributed by atoms with van der Waals surface area (Å²) in [6.07, 6.45) is 0. The molecule has 1 rings (SSSR count). The second-order valence-corrected chi connectivity index (χ2v) is 7.25. The first-order valence-corrected chi connectivity index (χ1v) is 8.24. The molecule has 0 saturated heterocycles. The molecule has 1 atom stereocenters. The second kappa shape index (κ2) is 7.46. The van der Waals surface area contributed by atoms with Gasteiger partial charge in [0.05, 0.1) is 0 Å². The standard InChI is InChI=1S/C15H20O4Se/c1-5-19-13(16)12(15(2,3)14(17)18-4)20-11-9-7-6-8-10-11/h6-10,12H,5H2,1-4H3/t12-/m0/s1. The van der Waals surface area contributed by atoms with Crippen LogP contribution in [-0.4, -0.2) is 40.6 Å². The van der Waals surface area contributed by atoms with Gasteiger partial charge in [-0.3, -0.25) is 0 Å². The summed E-state index contributed by atoms with van der Waals surface area (Å²) in [6, 6.07) is 9.68. The maximum atomic E-state index is 12.2. The number of benzene rings is 1. The number of rotatable bonds is 6. The van der Waals surface area contributed by atoms with Crippen LogP contribution in [0.1, 0.15) is 20.8 Å². The summed E-state index contributed by atoms with van der Waals surface area (Å²) in [5.74, 6) is -0.736. The zero-order valence-electron chi connectivity index (χ0n) is 12.2. The predicted molar refractivity (Wildman–Crippen MR) is 78.0 cm³/mol. The number of hydrogen-bond donors (Lipinski definition) is 0. The average molecular weight is 343 g/mol. The third kappa shape index (κ3) is 4.09. The summed E-state index contributed by atoms with van der Waals surface area (Å²) in [6.45, 7) is 5.52. The maximum absolute atomic E-state index is 12.2. The van der Waals surface area contributed by atoms with Gasteiger partial charge in [-0.25, -0.2) is 0 Å². The van der Waals surface area contributed by atoms with Crippen molar-refractivity contribution in [2.45, 2.75) is 25.6 Å². The molecule has 4 nitrogen and oxygen atoms in total. The third-order valence-electron chi connectivity index (χ3n) is 2.86. The van der Waals surface area contributed by atoms with Crippen molar-refractivity contribution in [2.24, 2.45) is 5.41 Å². The van der Waals surface area contributed by atoms with E-state index in [4.69, 9.17) is 9.47 Å². The van der Waals surface area contributed by atoms with Crippen molar-refractivity contribution >= 4 is 31.4 Å². The van der Waals surface area contributed by atoms with Crippen molar-refractivity contribution in [3.05, 3.63) is 30.3 Å². The van der Waals surface area contributed by atoms with Crippen molar-refractivity contribution in [2.75, 3.05) is 13.7 Å². The van der Waals surface area contributed by atoms with E-state index in [-0.39, 0.29) is 20.9 Å². The molecule has 0 saturated carbocycles. The molecule has 110 valence electrons. The van der Waals surface area contributed by atoms with Crippen molar-refractivity contribution in [1.29, 1.82) is 0 Å². The van der Waals surface area contributed by atoms with Crippen molar-refractivity contribution in [3.8, 4) is 0 Å². The van der Waals surface area contributed by atoms with Gasteiger partial charge in [-0.15, -0.1) is 0 Å². The minimum atomic E-state index is -0.906. The third-order valence-corrected chi connectivity index (χ3v) is 6.14. The van der Waals surface area contributed by atoms with E-state index >= 15 is 0 Å². The molecule has 0 heterocycles. The summed E-state index contributed by atoms with van der Waals surface area (Å²) in [5.41, 5.74) is -0.906. The molecule has 1 aromatic rings. The summed E-state index contributed by atoms with van der Waals surface area (Å²) >= 11 is -0.203. The van der Waals surface area contributed by atoms with E-state index in [1.54, 1.807) is 20.8 Å². The Morgan fingerprint density at radius 3 is 2.35 bits per heavy atom. The van der Waals surface area contributed by atoms with Crippen LogP contribution in [0.15, 0.2) is 30.3 Å².